The first-order valence-corrected chi connectivity index (χ1v) is 7.10. The standard InChI is InChI=1S/C16H15ClN2O3/c1-3-8-19-14(11-6-5-7-12(17)9-11)18-10-13(15(19)20)16(21)22-4-2/h3,5-7,9-10H,1,4,8H2,2H3. The van der Waals surface area contributed by atoms with Gasteiger partial charge in [0.25, 0.3) is 5.56 Å². The lowest BCUT2D eigenvalue weighted by Crippen LogP contribution is -2.29. The number of ether oxygens (including phenoxy) is 1. The summed E-state index contributed by atoms with van der Waals surface area (Å²) in [7, 11) is 0. The summed E-state index contributed by atoms with van der Waals surface area (Å²) in [5, 5.41) is 0.534. The van der Waals surface area contributed by atoms with Crippen molar-refractivity contribution < 1.29 is 9.53 Å². The van der Waals surface area contributed by atoms with Crippen molar-refractivity contribution in [1.29, 1.82) is 0 Å². The van der Waals surface area contributed by atoms with Gasteiger partial charge in [0.2, 0.25) is 0 Å². The minimum Gasteiger partial charge on any atom is -0.462 e. The average molecular weight is 319 g/mol. The molecular formula is C16H15ClN2O3. The molecule has 0 fully saturated rings. The van der Waals surface area contributed by atoms with Crippen LogP contribution in [-0.4, -0.2) is 22.1 Å². The number of hydrogen-bond donors (Lipinski definition) is 0. The van der Waals surface area contributed by atoms with Crippen molar-refractivity contribution in [3.8, 4) is 11.4 Å². The van der Waals surface area contributed by atoms with Crippen LogP contribution in [0.5, 0.6) is 0 Å². The van der Waals surface area contributed by atoms with E-state index in [4.69, 9.17) is 16.3 Å². The first-order valence-electron chi connectivity index (χ1n) is 6.72. The molecule has 0 saturated carbocycles. The van der Waals surface area contributed by atoms with E-state index in [1.54, 1.807) is 37.3 Å². The fourth-order valence-electron chi connectivity index (χ4n) is 2.00. The number of carbonyl (C=O) groups is 1. The second kappa shape index (κ2) is 7.04. The van der Waals surface area contributed by atoms with Crippen LogP contribution < -0.4 is 5.56 Å². The van der Waals surface area contributed by atoms with Crippen molar-refractivity contribution in [3.05, 3.63) is 64.1 Å². The molecular weight excluding hydrogens is 304 g/mol. The zero-order chi connectivity index (χ0) is 16.1. The van der Waals surface area contributed by atoms with E-state index in [2.05, 4.69) is 11.6 Å². The maximum absolute atomic E-state index is 12.5. The lowest BCUT2D eigenvalue weighted by Gasteiger charge is -2.12. The third-order valence-electron chi connectivity index (χ3n) is 2.94. The predicted octanol–water partition coefficient (Wildman–Crippen LogP) is 2.93. The Hall–Kier alpha value is -2.40. The molecule has 6 heteroatoms. The minimum atomic E-state index is -0.685. The molecule has 2 aromatic rings. The molecule has 0 aliphatic rings. The van der Waals surface area contributed by atoms with Crippen molar-refractivity contribution in [1.82, 2.24) is 9.55 Å². The Morgan fingerprint density at radius 3 is 2.91 bits per heavy atom. The van der Waals surface area contributed by atoms with E-state index in [1.807, 2.05) is 0 Å². The molecule has 0 atom stereocenters. The van der Waals surface area contributed by atoms with Crippen LogP contribution in [0, 0.1) is 0 Å². The van der Waals surface area contributed by atoms with E-state index < -0.39 is 11.5 Å². The molecule has 114 valence electrons. The number of benzene rings is 1. The molecule has 22 heavy (non-hydrogen) atoms. The summed E-state index contributed by atoms with van der Waals surface area (Å²) in [6.07, 6.45) is 2.79. The molecule has 0 radical (unpaired) electrons. The number of aromatic nitrogens is 2. The van der Waals surface area contributed by atoms with E-state index in [-0.39, 0.29) is 18.7 Å². The highest BCUT2D eigenvalue weighted by molar-refractivity contribution is 6.30. The van der Waals surface area contributed by atoms with E-state index in [9.17, 15) is 9.59 Å². The van der Waals surface area contributed by atoms with Gasteiger partial charge in [0.1, 0.15) is 11.4 Å². The fourth-order valence-corrected chi connectivity index (χ4v) is 2.19. The van der Waals surface area contributed by atoms with E-state index in [1.165, 1.54) is 10.8 Å². The van der Waals surface area contributed by atoms with Crippen molar-refractivity contribution in [3.63, 3.8) is 0 Å². The molecule has 2 rings (SSSR count). The van der Waals surface area contributed by atoms with Gasteiger partial charge in [-0.25, -0.2) is 9.78 Å². The monoisotopic (exact) mass is 318 g/mol. The van der Waals surface area contributed by atoms with Crippen LogP contribution in [0.3, 0.4) is 0 Å². The van der Waals surface area contributed by atoms with Crippen LogP contribution in [0.25, 0.3) is 11.4 Å². The largest absolute Gasteiger partial charge is 0.462 e. The summed E-state index contributed by atoms with van der Waals surface area (Å²) >= 11 is 5.98. The van der Waals surface area contributed by atoms with Gasteiger partial charge < -0.3 is 4.74 Å². The molecule has 5 nitrogen and oxygen atoms in total. The molecule has 0 N–H and O–H groups in total. The summed E-state index contributed by atoms with van der Waals surface area (Å²) in [6, 6.07) is 6.99. The van der Waals surface area contributed by atoms with Crippen LogP contribution >= 0.6 is 11.6 Å². The third-order valence-corrected chi connectivity index (χ3v) is 3.17. The van der Waals surface area contributed by atoms with Crippen LogP contribution in [0.1, 0.15) is 17.3 Å². The Bertz CT molecular complexity index is 768. The Kier molecular flexibility index (Phi) is 5.12. The number of hydrogen-bond acceptors (Lipinski definition) is 4. The average Bonchev–Trinajstić information content (AvgIpc) is 2.49. The molecule has 0 saturated heterocycles. The molecule has 0 unspecified atom stereocenters. The van der Waals surface area contributed by atoms with E-state index in [0.717, 1.165) is 0 Å². The Morgan fingerprint density at radius 2 is 2.27 bits per heavy atom. The Morgan fingerprint density at radius 1 is 1.50 bits per heavy atom. The lowest BCUT2D eigenvalue weighted by atomic mass is 10.2. The highest BCUT2D eigenvalue weighted by atomic mass is 35.5. The van der Waals surface area contributed by atoms with E-state index >= 15 is 0 Å². The zero-order valence-electron chi connectivity index (χ0n) is 12.1. The van der Waals surface area contributed by atoms with Crippen molar-refractivity contribution in [2.75, 3.05) is 6.61 Å². The molecule has 1 heterocycles. The van der Waals surface area contributed by atoms with Gasteiger partial charge in [-0.05, 0) is 19.1 Å². The maximum Gasteiger partial charge on any atom is 0.345 e. The highest BCUT2D eigenvalue weighted by Crippen LogP contribution is 2.20. The molecule has 0 amide bonds. The summed E-state index contributed by atoms with van der Waals surface area (Å²) in [5.74, 6) is -0.268. The quantitative estimate of drug-likeness (QED) is 0.628. The third kappa shape index (κ3) is 3.26. The van der Waals surface area contributed by atoms with Gasteiger partial charge >= 0.3 is 5.97 Å². The van der Waals surface area contributed by atoms with Crippen molar-refractivity contribution in [2.24, 2.45) is 0 Å². The highest BCUT2D eigenvalue weighted by Gasteiger charge is 2.17. The van der Waals surface area contributed by atoms with Crippen molar-refractivity contribution >= 4 is 17.6 Å². The number of halogens is 1. The molecule has 0 aliphatic heterocycles. The Labute approximate surface area is 132 Å². The number of carbonyl (C=O) groups excluding carboxylic acids is 1. The van der Waals surface area contributed by atoms with Crippen LogP contribution in [0.15, 0.2) is 47.9 Å². The Balaban J connectivity index is 2.61. The first-order chi connectivity index (χ1) is 10.6. The molecule has 0 bridgehead atoms. The number of allylic oxidation sites excluding steroid dienone is 1. The molecule has 1 aromatic heterocycles. The van der Waals surface area contributed by atoms with Gasteiger partial charge in [0.05, 0.1) is 6.61 Å². The number of nitrogens with zero attached hydrogens (tertiary/aromatic N) is 2. The van der Waals surface area contributed by atoms with Gasteiger partial charge in [-0.15, -0.1) is 6.58 Å². The predicted molar refractivity (Wildman–Crippen MR) is 85.1 cm³/mol. The molecule has 0 spiro atoms. The molecule has 0 aliphatic carbocycles. The zero-order valence-corrected chi connectivity index (χ0v) is 12.8. The lowest BCUT2D eigenvalue weighted by molar-refractivity contribution is 0.0523. The normalized spacial score (nSPS) is 10.3. The van der Waals surface area contributed by atoms with Crippen LogP contribution in [0.2, 0.25) is 5.02 Å². The topological polar surface area (TPSA) is 61.2 Å². The second-order valence-corrected chi connectivity index (χ2v) is 4.87. The second-order valence-electron chi connectivity index (χ2n) is 4.43. The minimum absolute atomic E-state index is 0.102. The van der Waals surface area contributed by atoms with Gasteiger partial charge in [-0.1, -0.05) is 29.8 Å². The molecule has 1 aromatic carbocycles. The van der Waals surface area contributed by atoms with Gasteiger partial charge in [0.15, 0.2) is 0 Å². The van der Waals surface area contributed by atoms with Gasteiger partial charge in [-0.3, -0.25) is 9.36 Å². The van der Waals surface area contributed by atoms with Crippen molar-refractivity contribution in [2.45, 2.75) is 13.5 Å². The summed E-state index contributed by atoms with van der Waals surface area (Å²) < 4.78 is 6.23. The maximum atomic E-state index is 12.5. The van der Waals surface area contributed by atoms with Gasteiger partial charge in [-0.2, -0.15) is 0 Å². The van der Waals surface area contributed by atoms with Crippen LogP contribution in [-0.2, 0) is 11.3 Å². The summed E-state index contributed by atoms with van der Waals surface area (Å²) in [4.78, 5) is 28.5. The number of rotatable bonds is 5. The van der Waals surface area contributed by atoms with Crippen LogP contribution in [0.4, 0.5) is 0 Å². The fraction of sp³-hybridized carbons (Fsp3) is 0.188. The van der Waals surface area contributed by atoms with E-state index in [0.29, 0.717) is 16.4 Å². The SMILES string of the molecule is C=CCn1c(-c2cccc(Cl)c2)ncc(C(=O)OCC)c1=O. The summed E-state index contributed by atoms with van der Waals surface area (Å²) in [6.45, 7) is 5.72. The smallest absolute Gasteiger partial charge is 0.345 e. The first kappa shape index (κ1) is 16.0. The van der Waals surface area contributed by atoms with Gasteiger partial charge in [0, 0.05) is 23.3 Å². The summed E-state index contributed by atoms with van der Waals surface area (Å²) in [5.41, 5.74) is 0.111. The number of esters is 1.